The van der Waals surface area contributed by atoms with E-state index in [1.165, 1.54) is 24.8 Å². The minimum atomic E-state index is -1.39. The van der Waals surface area contributed by atoms with E-state index in [4.69, 9.17) is 5.11 Å². The van der Waals surface area contributed by atoms with Crippen molar-refractivity contribution in [3.05, 3.63) is 23.8 Å². The number of amides is 2. The Morgan fingerprint density at radius 1 is 1.43 bits per heavy atom. The lowest BCUT2D eigenvalue weighted by atomic mass is 10.1. The molecule has 0 saturated carbocycles. The van der Waals surface area contributed by atoms with Crippen molar-refractivity contribution >= 4 is 35.2 Å². The van der Waals surface area contributed by atoms with Gasteiger partial charge in [-0.05, 0) is 25.1 Å². The summed E-state index contributed by atoms with van der Waals surface area (Å²) in [6.45, 7) is 1.28. The first-order chi connectivity index (χ1) is 9.88. The van der Waals surface area contributed by atoms with Crippen molar-refractivity contribution in [2.24, 2.45) is 0 Å². The Morgan fingerprint density at radius 3 is 2.76 bits per heavy atom. The van der Waals surface area contributed by atoms with Gasteiger partial charge in [-0.25, -0.2) is 4.79 Å². The molecule has 1 aliphatic rings. The van der Waals surface area contributed by atoms with Crippen molar-refractivity contribution in [1.29, 1.82) is 0 Å². The molecule has 4 N–H and O–H groups in total. The molecule has 0 aliphatic carbocycles. The first kappa shape index (κ1) is 15.3. The largest absolute Gasteiger partial charge is 0.480 e. The number of hydrogen-bond donors (Lipinski definition) is 4. The number of aliphatic carboxylic acids is 1. The van der Waals surface area contributed by atoms with E-state index in [1.54, 1.807) is 12.1 Å². The van der Waals surface area contributed by atoms with Crippen molar-refractivity contribution in [2.45, 2.75) is 24.0 Å². The monoisotopic (exact) mass is 310 g/mol. The Labute approximate surface area is 124 Å². The van der Waals surface area contributed by atoms with E-state index < -0.39 is 24.0 Å². The van der Waals surface area contributed by atoms with E-state index in [9.17, 15) is 19.5 Å². The highest BCUT2D eigenvalue weighted by atomic mass is 32.2. The van der Waals surface area contributed by atoms with E-state index in [2.05, 4.69) is 10.6 Å². The van der Waals surface area contributed by atoms with Gasteiger partial charge in [-0.3, -0.25) is 9.59 Å². The molecule has 0 spiro atoms. The number of hydrogen-bond acceptors (Lipinski definition) is 5. The normalized spacial score (nSPS) is 16.4. The Balaban J connectivity index is 2.18. The molecule has 1 heterocycles. The Kier molecular flexibility index (Phi) is 4.49. The first-order valence-corrected chi connectivity index (χ1v) is 7.15. The standard InChI is InChI=1S/C13H14N2O5S/c1-6(16)11(13(19)20)15-12(18)7-2-3-9-8(4-7)14-10(17)5-21-9/h2-4,6,11,16H,5H2,1H3,(H,14,17)(H,15,18)(H,19,20). The zero-order valence-corrected chi connectivity index (χ0v) is 11.9. The van der Waals surface area contributed by atoms with Gasteiger partial charge >= 0.3 is 5.97 Å². The summed E-state index contributed by atoms with van der Waals surface area (Å²) < 4.78 is 0. The predicted octanol–water partition coefficient (Wildman–Crippen LogP) is 0.295. The summed E-state index contributed by atoms with van der Waals surface area (Å²) in [6, 6.07) is 3.32. The lowest BCUT2D eigenvalue weighted by Gasteiger charge is -2.19. The average molecular weight is 310 g/mol. The Morgan fingerprint density at radius 2 is 2.14 bits per heavy atom. The summed E-state index contributed by atoms with van der Waals surface area (Å²) in [5.74, 6) is -1.78. The highest BCUT2D eigenvalue weighted by molar-refractivity contribution is 8.00. The molecule has 0 fully saturated rings. The van der Waals surface area contributed by atoms with Crippen molar-refractivity contribution in [3.8, 4) is 0 Å². The number of thioether (sulfide) groups is 1. The number of anilines is 1. The number of aliphatic hydroxyl groups is 1. The summed E-state index contributed by atoms with van der Waals surface area (Å²) in [4.78, 5) is 35.1. The number of carboxylic acids is 1. The van der Waals surface area contributed by atoms with Crippen LogP contribution in [0, 0.1) is 0 Å². The summed E-state index contributed by atoms with van der Waals surface area (Å²) >= 11 is 1.36. The minimum Gasteiger partial charge on any atom is -0.480 e. The van der Waals surface area contributed by atoms with Crippen LogP contribution in [0.2, 0.25) is 0 Å². The molecule has 112 valence electrons. The summed E-state index contributed by atoms with van der Waals surface area (Å²) in [6.07, 6.45) is -1.22. The van der Waals surface area contributed by atoms with Crippen LogP contribution >= 0.6 is 11.8 Å². The zero-order chi connectivity index (χ0) is 15.6. The number of carboxylic acid groups (broad SMARTS) is 1. The second kappa shape index (κ2) is 6.15. The smallest absolute Gasteiger partial charge is 0.328 e. The number of nitrogens with one attached hydrogen (secondary N) is 2. The molecular formula is C13H14N2O5S. The molecule has 21 heavy (non-hydrogen) atoms. The Hall–Kier alpha value is -2.06. The quantitative estimate of drug-likeness (QED) is 0.635. The van der Waals surface area contributed by atoms with Gasteiger partial charge in [-0.15, -0.1) is 11.8 Å². The van der Waals surface area contributed by atoms with Gasteiger partial charge in [0.25, 0.3) is 5.91 Å². The van der Waals surface area contributed by atoms with Gasteiger partial charge in [-0.2, -0.15) is 0 Å². The lowest BCUT2D eigenvalue weighted by molar-refractivity contribution is -0.141. The van der Waals surface area contributed by atoms with Crippen LogP contribution in [-0.2, 0) is 9.59 Å². The van der Waals surface area contributed by atoms with Gasteiger partial charge in [0.1, 0.15) is 0 Å². The molecule has 2 atom stereocenters. The van der Waals surface area contributed by atoms with Crippen molar-refractivity contribution in [2.75, 3.05) is 11.1 Å². The van der Waals surface area contributed by atoms with Crippen LogP contribution in [0.4, 0.5) is 5.69 Å². The lowest BCUT2D eigenvalue weighted by Crippen LogP contribution is -2.47. The number of fused-ring (bicyclic) bond motifs is 1. The zero-order valence-electron chi connectivity index (χ0n) is 11.1. The molecule has 8 heteroatoms. The van der Waals surface area contributed by atoms with E-state index in [0.717, 1.165) is 4.90 Å². The van der Waals surface area contributed by atoms with Gasteiger partial charge in [0.2, 0.25) is 5.91 Å². The van der Waals surface area contributed by atoms with Gasteiger partial charge in [0.15, 0.2) is 6.04 Å². The van der Waals surface area contributed by atoms with E-state index in [-0.39, 0.29) is 11.5 Å². The number of benzene rings is 1. The first-order valence-electron chi connectivity index (χ1n) is 6.17. The van der Waals surface area contributed by atoms with Crippen LogP contribution in [0.5, 0.6) is 0 Å². The molecular weight excluding hydrogens is 296 g/mol. The molecule has 1 aromatic carbocycles. The number of rotatable bonds is 4. The van der Waals surface area contributed by atoms with Crippen LogP contribution in [0.1, 0.15) is 17.3 Å². The molecule has 0 bridgehead atoms. The summed E-state index contributed by atoms with van der Waals surface area (Å²) in [5.41, 5.74) is 0.733. The van der Waals surface area contributed by atoms with Crippen LogP contribution in [0.25, 0.3) is 0 Å². The summed E-state index contributed by atoms with van der Waals surface area (Å²) in [5, 5.41) is 23.2. The van der Waals surface area contributed by atoms with Crippen LogP contribution < -0.4 is 10.6 Å². The molecule has 0 radical (unpaired) electrons. The van der Waals surface area contributed by atoms with Gasteiger partial charge < -0.3 is 20.8 Å². The molecule has 0 aromatic heterocycles. The topological polar surface area (TPSA) is 116 Å². The van der Waals surface area contributed by atoms with E-state index >= 15 is 0 Å². The second-order valence-electron chi connectivity index (χ2n) is 4.58. The molecule has 2 unspecified atom stereocenters. The van der Waals surface area contributed by atoms with Crippen LogP contribution in [0.15, 0.2) is 23.1 Å². The number of carbonyl (C=O) groups excluding carboxylic acids is 2. The molecule has 2 amide bonds. The SMILES string of the molecule is CC(O)C(NC(=O)c1ccc2c(c1)NC(=O)CS2)C(=O)O. The van der Waals surface area contributed by atoms with Crippen LogP contribution in [-0.4, -0.2) is 45.9 Å². The molecule has 7 nitrogen and oxygen atoms in total. The molecule has 0 saturated heterocycles. The Bertz CT molecular complexity index is 602. The highest BCUT2D eigenvalue weighted by Crippen LogP contribution is 2.31. The molecule has 2 rings (SSSR count). The van der Waals surface area contributed by atoms with Gasteiger partial charge in [0, 0.05) is 10.5 Å². The third kappa shape index (κ3) is 3.53. The highest BCUT2D eigenvalue weighted by Gasteiger charge is 2.26. The molecule has 1 aromatic rings. The maximum atomic E-state index is 12.0. The van der Waals surface area contributed by atoms with Crippen molar-refractivity contribution in [1.82, 2.24) is 5.32 Å². The van der Waals surface area contributed by atoms with E-state index in [1.807, 2.05) is 0 Å². The van der Waals surface area contributed by atoms with Crippen LogP contribution in [0.3, 0.4) is 0 Å². The van der Waals surface area contributed by atoms with Gasteiger partial charge in [0.05, 0.1) is 17.5 Å². The van der Waals surface area contributed by atoms with Gasteiger partial charge in [-0.1, -0.05) is 0 Å². The van der Waals surface area contributed by atoms with Crippen molar-refractivity contribution < 1.29 is 24.6 Å². The average Bonchev–Trinajstić information content (AvgIpc) is 2.42. The second-order valence-corrected chi connectivity index (χ2v) is 5.59. The fraction of sp³-hybridized carbons (Fsp3) is 0.308. The summed E-state index contributed by atoms with van der Waals surface area (Å²) in [7, 11) is 0. The van der Waals surface area contributed by atoms with Crippen molar-refractivity contribution in [3.63, 3.8) is 0 Å². The third-order valence-electron chi connectivity index (χ3n) is 2.91. The van der Waals surface area contributed by atoms with E-state index in [0.29, 0.717) is 11.4 Å². The fourth-order valence-corrected chi connectivity index (χ4v) is 2.63. The number of carbonyl (C=O) groups is 3. The minimum absolute atomic E-state index is 0.155. The maximum Gasteiger partial charge on any atom is 0.328 e. The predicted molar refractivity (Wildman–Crippen MR) is 76.4 cm³/mol. The number of aliphatic hydroxyl groups excluding tert-OH is 1. The fourth-order valence-electron chi connectivity index (χ4n) is 1.84. The third-order valence-corrected chi connectivity index (χ3v) is 3.98. The maximum absolute atomic E-state index is 12.0. The molecule has 1 aliphatic heterocycles.